The molecule has 0 saturated carbocycles. The molecule has 4 nitrogen and oxygen atoms in total. The summed E-state index contributed by atoms with van der Waals surface area (Å²) in [4.78, 5) is 28.4. The average molecular weight is 847 g/mol. The van der Waals surface area contributed by atoms with Gasteiger partial charge in [0.05, 0.1) is 25.3 Å². The summed E-state index contributed by atoms with van der Waals surface area (Å²) in [5.74, 6) is -0.979. The largest absolute Gasteiger partial charge is 0.465 e. The van der Waals surface area contributed by atoms with Gasteiger partial charge in [0.25, 0.3) is 0 Å². The van der Waals surface area contributed by atoms with E-state index in [9.17, 15) is 9.59 Å². The van der Waals surface area contributed by atoms with Crippen molar-refractivity contribution in [1.29, 1.82) is 0 Å². The fraction of sp³-hybridized carbons (Fsp3) is 0.655. The first-order chi connectivity index (χ1) is 27.6. The van der Waals surface area contributed by atoms with Crippen molar-refractivity contribution in [3.05, 3.63) is 100 Å². The molecule has 2 aliphatic rings. The zero-order chi connectivity index (χ0) is 47.8. The SMILES string of the molecule is COC(=O)c1c(C(=O)OC)c(C(C)(C)C)c2c(c1C(C)(C)C)Cc1c(c(C(C)(C)C)c3c(c1C(C)(C)C)Cc1c(c(C(C)(C)C)c(C(C)(C)C)c(C(C)(C)C)c1C(C)(C)C)C3)C2. The molecule has 2 aliphatic carbocycles. The Labute approximate surface area is 379 Å². The Balaban J connectivity index is 2.13. The van der Waals surface area contributed by atoms with Gasteiger partial charge < -0.3 is 9.47 Å². The van der Waals surface area contributed by atoms with Crippen molar-refractivity contribution in [2.45, 2.75) is 235 Å². The van der Waals surface area contributed by atoms with Crippen molar-refractivity contribution in [3.8, 4) is 0 Å². The van der Waals surface area contributed by atoms with E-state index in [0.717, 1.165) is 24.0 Å². The number of methoxy groups -OCH3 is 2. The van der Waals surface area contributed by atoms with E-state index in [2.05, 4.69) is 166 Å². The van der Waals surface area contributed by atoms with Gasteiger partial charge in [-0.15, -0.1) is 0 Å². The van der Waals surface area contributed by atoms with E-state index in [0.29, 0.717) is 24.0 Å². The van der Waals surface area contributed by atoms with Gasteiger partial charge in [0.1, 0.15) is 0 Å². The molecule has 0 radical (unpaired) electrons. The number of hydrogen-bond donors (Lipinski definition) is 0. The van der Waals surface area contributed by atoms with E-state index < -0.39 is 22.8 Å². The van der Waals surface area contributed by atoms with Gasteiger partial charge in [-0.2, -0.15) is 0 Å². The summed E-state index contributed by atoms with van der Waals surface area (Å²) in [6.45, 7) is 56.6. The first kappa shape index (κ1) is 49.6. The van der Waals surface area contributed by atoms with E-state index >= 15 is 0 Å². The van der Waals surface area contributed by atoms with Crippen LogP contribution in [0.1, 0.15) is 276 Å². The highest BCUT2D eigenvalue weighted by molar-refractivity contribution is 6.07. The highest BCUT2D eigenvalue weighted by Crippen LogP contribution is 2.56. The van der Waals surface area contributed by atoms with Crippen LogP contribution in [0, 0.1) is 0 Å². The van der Waals surface area contributed by atoms with Crippen molar-refractivity contribution in [2.75, 3.05) is 14.2 Å². The molecule has 0 aromatic heterocycles. The van der Waals surface area contributed by atoms with Crippen LogP contribution in [-0.2, 0) is 78.5 Å². The molecule has 5 rings (SSSR count). The fourth-order valence-corrected chi connectivity index (χ4v) is 12.2. The van der Waals surface area contributed by atoms with E-state index in [-0.39, 0.29) is 32.5 Å². The lowest BCUT2D eigenvalue weighted by Crippen LogP contribution is -2.38. The molecule has 0 bridgehead atoms. The summed E-state index contributed by atoms with van der Waals surface area (Å²) in [6, 6.07) is 0. The standard InChI is InChI=1S/C58H86O4/c1-51(2,3)41-31-27-35-36(44(54(10,11)12)40(50(60)62-26)39(49(59)61-25)43(35)53(7,8)9)28-32(31)42(52(4,5)6)34-30-38-37(29-33(34)41)45(55(13,14)15)47(57(19,20)21)48(58(22,23)24)46(38)56(16,17)18/h27-30H2,1-26H3. The molecule has 4 heteroatoms. The second-order valence-electron chi connectivity index (χ2n) is 27.3. The first-order valence-corrected chi connectivity index (χ1v) is 23.5. The van der Waals surface area contributed by atoms with Gasteiger partial charge in [-0.05, 0) is 158 Å². The number of fused-ring (bicyclic) bond motifs is 4. The van der Waals surface area contributed by atoms with E-state index in [1.165, 1.54) is 92.1 Å². The van der Waals surface area contributed by atoms with Gasteiger partial charge >= 0.3 is 11.9 Å². The second-order valence-corrected chi connectivity index (χ2v) is 27.3. The quantitative estimate of drug-likeness (QED) is 0.166. The zero-order valence-corrected chi connectivity index (χ0v) is 44.5. The fourth-order valence-electron chi connectivity index (χ4n) is 12.2. The van der Waals surface area contributed by atoms with Crippen LogP contribution >= 0.6 is 0 Å². The highest BCUT2D eigenvalue weighted by atomic mass is 16.5. The van der Waals surface area contributed by atoms with Crippen molar-refractivity contribution in [2.24, 2.45) is 0 Å². The lowest BCUT2D eigenvalue weighted by Gasteiger charge is -2.47. The van der Waals surface area contributed by atoms with Gasteiger partial charge in [0.2, 0.25) is 0 Å². The van der Waals surface area contributed by atoms with Gasteiger partial charge in [-0.3, -0.25) is 0 Å². The minimum Gasteiger partial charge on any atom is -0.465 e. The number of hydrogen-bond acceptors (Lipinski definition) is 4. The third-order valence-corrected chi connectivity index (χ3v) is 13.6. The number of ether oxygens (including phenoxy) is 2. The number of rotatable bonds is 2. The molecule has 0 atom stereocenters. The average Bonchev–Trinajstić information content (AvgIpc) is 3.05. The Hall–Kier alpha value is -3.40. The predicted octanol–water partition coefficient (Wildman–Crippen LogP) is 14.6. The lowest BCUT2D eigenvalue weighted by molar-refractivity contribution is 0.0550. The van der Waals surface area contributed by atoms with Crippen molar-refractivity contribution in [3.63, 3.8) is 0 Å². The summed E-state index contributed by atoms with van der Waals surface area (Å²) in [5, 5.41) is 0. The zero-order valence-electron chi connectivity index (χ0n) is 44.5. The van der Waals surface area contributed by atoms with Gasteiger partial charge in [-0.1, -0.05) is 166 Å². The van der Waals surface area contributed by atoms with Crippen LogP contribution < -0.4 is 0 Å². The van der Waals surface area contributed by atoms with Crippen LogP contribution in [0.15, 0.2) is 0 Å². The topological polar surface area (TPSA) is 52.6 Å². The van der Waals surface area contributed by atoms with Crippen molar-refractivity contribution in [1.82, 2.24) is 0 Å². The lowest BCUT2D eigenvalue weighted by atomic mass is 9.57. The van der Waals surface area contributed by atoms with Gasteiger partial charge in [0, 0.05) is 0 Å². The van der Waals surface area contributed by atoms with Crippen LogP contribution in [0.2, 0.25) is 0 Å². The second kappa shape index (κ2) is 15.1. The molecule has 62 heavy (non-hydrogen) atoms. The third kappa shape index (κ3) is 8.37. The molecular formula is C58H86O4. The monoisotopic (exact) mass is 847 g/mol. The van der Waals surface area contributed by atoms with Gasteiger partial charge in [-0.25, -0.2) is 9.59 Å². The van der Waals surface area contributed by atoms with Crippen molar-refractivity contribution < 1.29 is 19.1 Å². The van der Waals surface area contributed by atoms with Crippen LogP contribution in [0.3, 0.4) is 0 Å². The normalized spacial score (nSPS) is 15.1. The number of carbonyl (C=O) groups is 2. The van der Waals surface area contributed by atoms with E-state index in [1.807, 2.05) is 0 Å². The molecule has 0 heterocycles. The molecule has 3 aromatic rings. The van der Waals surface area contributed by atoms with Crippen LogP contribution in [-0.4, -0.2) is 26.2 Å². The Morgan fingerprint density at radius 3 is 0.597 bits per heavy atom. The Morgan fingerprint density at radius 2 is 0.435 bits per heavy atom. The first-order valence-electron chi connectivity index (χ1n) is 23.5. The summed E-state index contributed by atoms with van der Waals surface area (Å²) < 4.78 is 11.1. The van der Waals surface area contributed by atoms with Gasteiger partial charge in [0.15, 0.2) is 0 Å². The van der Waals surface area contributed by atoms with Crippen LogP contribution in [0.25, 0.3) is 0 Å². The Morgan fingerprint density at radius 1 is 0.274 bits per heavy atom. The highest BCUT2D eigenvalue weighted by Gasteiger charge is 2.46. The molecule has 0 aliphatic heterocycles. The smallest absolute Gasteiger partial charge is 0.339 e. The van der Waals surface area contributed by atoms with E-state index in [4.69, 9.17) is 9.47 Å². The minimum absolute atomic E-state index is 0.0714. The maximum absolute atomic E-state index is 14.2. The van der Waals surface area contributed by atoms with Crippen LogP contribution in [0.4, 0.5) is 0 Å². The molecule has 0 spiro atoms. The maximum Gasteiger partial charge on any atom is 0.339 e. The number of esters is 2. The maximum atomic E-state index is 14.2. The molecule has 0 amide bonds. The van der Waals surface area contributed by atoms with E-state index in [1.54, 1.807) is 0 Å². The van der Waals surface area contributed by atoms with Crippen LogP contribution in [0.5, 0.6) is 0 Å². The molecular weight excluding hydrogens is 761 g/mol. The molecule has 342 valence electrons. The molecule has 0 unspecified atom stereocenters. The summed E-state index contributed by atoms with van der Waals surface area (Å²) in [5.41, 5.74) is 21.1. The third-order valence-electron chi connectivity index (χ3n) is 13.6. The molecule has 0 saturated heterocycles. The number of benzene rings is 3. The molecule has 3 aromatic carbocycles. The number of carbonyl (C=O) groups excluding carboxylic acids is 2. The Kier molecular flexibility index (Phi) is 12.1. The molecule has 0 N–H and O–H groups in total. The molecule has 0 fully saturated rings. The Bertz CT molecular complexity index is 2170. The summed E-state index contributed by atoms with van der Waals surface area (Å²) >= 11 is 0. The predicted molar refractivity (Wildman–Crippen MR) is 263 cm³/mol. The summed E-state index contributed by atoms with van der Waals surface area (Å²) in [7, 11) is 2.84. The summed E-state index contributed by atoms with van der Waals surface area (Å²) in [6.07, 6.45) is 3.13. The minimum atomic E-state index is -0.489. The van der Waals surface area contributed by atoms with Crippen molar-refractivity contribution >= 4 is 11.9 Å².